The number of rotatable bonds is 15. The molecule has 1 aliphatic heterocycles. The van der Waals surface area contributed by atoms with Crippen molar-refractivity contribution in [1.82, 2.24) is 14.2 Å². The molecule has 49 heavy (non-hydrogen) atoms. The van der Waals surface area contributed by atoms with Crippen LogP contribution < -0.4 is 9.46 Å². The maximum absolute atomic E-state index is 13.2. The molecule has 0 bridgehead atoms. The van der Waals surface area contributed by atoms with E-state index < -0.39 is 16.0 Å². The van der Waals surface area contributed by atoms with Crippen molar-refractivity contribution in [2.45, 2.75) is 44.7 Å². The zero-order chi connectivity index (χ0) is 34.4. The lowest BCUT2D eigenvalue weighted by atomic mass is 9.97. The van der Waals surface area contributed by atoms with Gasteiger partial charge in [-0.3, -0.25) is 4.90 Å². The van der Waals surface area contributed by atoms with Crippen LogP contribution in [0, 0.1) is 0 Å². The number of nitrogens with zero attached hydrogens (tertiary/aromatic N) is 2. The number of fused-ring (bicyclic) bond motifs is 1. The summed E-state index contributed by atoms with van der Waals surface area (Å²) in [7, 11) is -3.50. The van der Waals surface area contributed by atoms with Gasteiger partial charge in [-0.15, -0.1) is 0 Å². The van der Waals surface area contributed by atoms with Crippen molar-refractivity contribution in [3.63, 3.8) is 0 Å². The van der Waals surface area contributed by atoms with E-state index in [0.29, 0.717) is 42.8 Å². The Morgan fingerprint density at radius 3 is 2.24 bits per heavy atom. The Kier molecular flexibility index (Phi) is 11.0. The van der Waals surface area contributed by atoms with Gasteiger partial charge in [-0.2, -0.15) is 0 Å². The molecule has 0 aliphatic carbocycles. The molecule has 8 nitrogen and oxygen atoms in total. The first-order valence-electron chi connectivity index (χ1n) is 16.8. The van der Waals surface area contributed by atoms with E-state index in [0.717, 1.165) is 52.7 Å². The summed E-state index contributed by atoms with van der Waals surface area (Å²) in [4.78, 5) is 13.6. The summed E-state index contributed by atoms with van der Waals surface area (Å²) < 4.78 is 37.8. The molecule has 2 N–H and O–H groups in total. The quantitative estimate of drug-likeness (QED) is 0.120. The Morgan fingerprint density at radius 1 is 0.959 bits per heavy atom. The van der Waals surface area contributed by atoms with Gasteiger partial charge in [0.2, 0.25) is 10.0 Å². The first-order valence-corrected chi connectivity index (χ1v) is 18.8. The Morgan fingerprint density at radius 2 is 1.63 bits per heavy atom. The second kappa shape index (κ2) is 15.6. The third kappa shape index (κ3) is 8.36. The van der Waals surface area contributed by atoms with Gasteiger partial charge < -0.3 is 14.4 Å². The van der Waals surface area contributed by atoms with Gasteiger partial charge in [0.25, 0.3) is 0 Å². The molecule has 1 fully saturated rings. The number of carboxylic acid groups (broad SMARTS) is 1. The summed E-state index contributed by atoms with van der Waals surface area (Å²) in [6.07, 6.45) is 3.18. The van der Waals surface area contributed by atoms with E-state index in [9.17, 15) is 18.3 Å². The Balaban J connectivity index is 1.36. The molecule has 0 amide bonds. The predicted octanol–water partition coefficient (Wildman–Crippen LogP) is 7.20. The summed E-state index contributed by atoms with van der Waals surface area (Å²) in [5.74, 6) is -0.359. The monoisotopic (exact) mass is 699 g/mol. The number of aromatic nitrogens is 1. The summed E-state index contributed by atoms with van der Waals surface area (Å²) in [6.45, 7) is 4.18. The number of ether oxygens (including phenoxy) is 1. The Hall–Kier alpha value is -4.15. The van der Waals surface area contributed by atoms with E-state index in [2.05, 4.69) is 45.4 Å². The summed E-state index contributed by atoms with van der Waals surface area (Å²) in [5, 5.41) is 10.9. The highest BCUT2D eigenvalue weighted by atomic mass is 35.5. The molecule has 1 aliphatic rings. The standard InChI is InChI=1S/C39H42ClN3O5S/c1-28-9-8-23-42(28)24-26-49(46,47)41-22-20-37-34(21-25-48-33-17-14-31(15-18-33)39(44)45)35-27-32(40)16-19-36(35)43(37)38(29-10-4-2-5-11-29)30-12-6-3-7-13-30/h2-7,10-19,27-28,38,41H,8-9,20-26H2,1H3,(H,44,45). The van der Waals surface area contributed by atoms with E-state index >= 15 is 0 Å². The maximum atomic E-state index is 13.2. The smallest absolute Gasteiger partial charge is 0.335 e. The minimum absolute atomic E-state index is 0.0634. The highest BCUT2D eigenvalue weighted by Crippen LogP contribution is 2.38. The van der Waals surface area contributed by atoms with Crippen molar-refractivity contribution >= 4 is 38.5 Å². The van der Waals surface area contributed by atoms with Crippen LogP contribution >= 0.6 is 11.6 Å². The van der Waals surface area contributed by atoms with Crippen LogP contribution in [0.5, 0.6) is 5.75 Å². The second-order valence-corrected chi connectivity index (χ2v) is 15.0. The topological polar surface area (TPSA) is 101 Å². The number of benzene rings is 4. The fourth-order valence-electron chi connectivity index (χ4n) is 6.94. The molecule has 1 saturated heterocycles. The molecule has 5 aromatic rings. The second-order valence-electron chi connectivity index (χ2n) is 12.6. The van der Waals surface area contributed by atoms with Gasteiger partial charge in [-0.25, -0.2) is 17.9 Å². The number of aromatic carboxylic acids is 1. The number of hydrogen-bond acceptors (Lipinski definition) is 5. The van der Waals surface area contributed by atoms with Crippen LogP contribution in [-0.4, -0.2) is 67.0 Å². The van der Waals surface area contributed by atoms with Crippen LogP contribution in [0.15, 0.2) is 103 Å². The van der Waals surface area contributed by atoms with Gasteiger partial charge in [-0.05, 0) is 85.5 Å². The average Bonchev–Trinajstić information content (AvgIpc) is 3.65. The van der Waals surface area contributed by atoms with E-state index in [4.69, 9.17) is 16.3 Å². The molecule has 0 spiro atoms. The van der Waals surface area contributed by atoms with Crippen LogP contribution in [0.2, 0.25) is 5.02 Å². The molecule has 0 saturated carbocycles. The first-order chi connectivity index (χ1) is 23.7. The number of likely N-dealkylation sites (tertiary alicyclic amines) is 1. The lowest BCUT2D eigenvalue weighted by Crippen LogP contribution is -2.37. The minimum atomic E-state index is -3.50. The van der Waals surface area contributed by atoms with Gasteiger partial charge in [-0.1, -0.05) is 72.3 Å². The van der Waals surface area contributed by atoms with Gasteiger partial charge in [0.15, 0.2) is 0 Å². The van der Waals surface area contributed by atoms with E-state index in [1.54, 1.807) is 12.1 Å². The van der Waals surface area contributed by atoms with Gasteiger partial charge >= 0.3 is 5.97 Å². The first kappa shape index (κ1) is 34.7. The molecule has 0 radical (unpaired) electrons. The average molecular weight is 700 g/mol. The molecule has 1 unspecified atom stereocenters. The Labute approximate surface area is 293 Å². The Bertz CT molecular complexity index is 1940. The summed E-state index contributed by atoms with van der Waals surface area (Å²) in [5.41, 5.74) is 5.41. The van der Waals surface area contributed by atoms with Crippen molar-refractivity contribution in [3.05, 3.63) is 136 Å². The van der Waals surface area contributed by atoms with Crippen molar-refractivity contribution in [2.75, 3.05) is 32.0 Å². The zero-order valence-electron chi connectivity index (χ0n) is 27.6. The van der Waals surface area contributed by atoms with Crippen LogP contribution in [0.4, 0.5) is 0 Å². The molecule has 1 atom stereocenters. The number of carboxylic acids is 1. The van der Waals surface area contributed by atoms with Crippen molar-refractivity contribution in [3.8, 4) is 5.75 Å². The van der Waals surface area contributed by atoms with E-state index in [1.807, 2.05) is 54.6 Å². The molecule has 2 heterocycles. The van der Waals surface area contributed by atoms with Gasteiger partial charge in [0, 0.05) is 53.6 Å². The minimum Gasteiger partial charge on any atom is -0.493 e. The van der Waals surface area contributed by atoms with Crippen LogP contribution in [0.3, 0.4) is 0 Å². The summed E-state index contributed by atoms with van der Waals surface area (Å²) >= 11 is 6.62. The summed E-state index contributed by atoms with van der Waals surface area (Å²) in [6, 6.07) is 33.1. The zero-order valence-corrected chi connectivity index (χ0v) is 29.2. The lowest BCUT2D eigenvalue weighted by molar-refractivity contribution is 0.0697. The SMILES string of the molecule is CC1CCCN1CCS(=O)(=O)NCCc1c(CCOc2ccc(C(=O)O)cc2)c2cc(Cl)ccc2n1C(c1ccccc1)c1ccccc1. The van der Waals surface area contributed by atoms with Crippen molar-refractivity contribution in [2.24, 2.45) is 0 Å². The van der Waals surface area contributed by atoms with E-state index in [1.165, 1.54) is 12.1 Å². The number of sulfonamides is 1. The van der Waals surface area contributed by atoms with Crippen LogP contribution in [-0.2, 0) is 22.9 Å². The molecular formula is C39H42ClN3O5S. The third-order valence-corrected chi connectivity index (χ3v) is 11.0. The molecule has 6 rings (SSSR count). The highest BCUT2D eigenvalue weighted by molar-refractivity contribution is 7.89. The molecule has 256 valence electrons. The third-order valence-electron chi connectivity index (χ3n) is 9.41. The molecule has 4 aromatic carbocycles. The molecule has 1 aromatic heterocycles. The lowest BCUT2D eigenvalue weighted by Gasteiger charge is -2.25. The molecule has 10 heteroatoms. The van der Waals surface area contributed by atoms with Gasteiger partial charge in [0.1, 0.15) is 5.75 Å². The largest absolute Gasteiger partial charge is 0.493 e. The maximum Gasteiger partial charge on any atom is 0.335 e. The number of nitrogens with one attached hydrogen (secondary N) is 1. The molecular weight excluding hydrogens is 658 g/mol. The number of halogens is 1. The number of carbonyl (C=O) groups is 1. The van der Waals surface area contributed by atoms with Crippen LogP contribution in [0.1, 0.15) is 58.5 Å². The van der Waals surface area contributed by atoms with Crippen molar-refractivity contribution < 1.29 is 23.1 Å². The fourth-order valence-corrected chi connectivity index (χ4v) is 8.14. The van der Waals surface area contributed by atoms with Crippen molar-refractivity contribution in [1.29, 1.82) is 0 Å². The highest BCUT2D eigenvalue weighted by Gasteiger charge is 2.27. The predicted molar refractivity (Wildman–Crippen MR) is 195 cm³/mol. The normalized spacial score (nSPS) is 15.3. The van der Waals surface area contributed by atoms with Gasteiger partial charge in [0.05, 0.1) is 24.0 Å². The van der Waals surface area contributed by atoms with E-state index in [-0.39, 0.29) is 23.9 Å². The van der Waals surface area contributed by atoms with Crippen LogP contribution in [0.25, 0.3) is 10.9 Å². The fraction of sp³-hybridized carbons (Fsp3) is 0.308. The number of hydrogen-bond donors (Lipinski definition) is 2.